The molecule has 3 rings (SSSR count). The molecule has 152 valence electrons. The maximum absolute atomic E-state index is 14.4. The van der Waals surface area contributed by atoms with Crippen molar-refractivity contribution in [2.24, 2.45) is 0 Å². The minimum absolute atomic E-state index is 0.0169. The van der Waals surface area contributed by atoms with Crippen molar-refractivity contribution in [3.8, 4) is 5.75 Å². The van der Waals surface area contributed by atoms with Crippen molar-refractivity contribution < 1.29 is 17.5 Å². The molecule has 0 radical (unpaired) electrons. The molecular formula is C20H17BrClFN2O3S. The highest BCUT2D eigenvalue weighted by molar-refractivity contribution is 9.10. The molecule has 9 heteroatoms. The SMILES string of the molecule is COc1ccc(S(=O)(=O)N(Cc2ccccn2)Cc2ccc(Br)cc2F)cc1Cl. The van der Waals surface area contributed by atoms with Gasteiger partial charge in [-0.25, -0.2) is 12.8 Å². The quantitative estimate of drug-likeness (QED) is 0.457. The van der Waals surface area contributed by atoms with Crippen LogP contribution < -0.4 is 4.74 Å². The lowest BCUT2D eigenvalue weighted by molar-refractivity contribution is 0.389. The van der Waals surface area contributed by atoms with Crippen molar-refractivity contribution in [3.05, 3.63) is 87.4 Å². The maximum atomic E-state index is 14.4. The molecule has 0 spiro atoms. The number of pyridine rings is 1. The van der Waals surface area contributed by atoms with E-state index in [4.69, 9.17) is 16.3 Å². The largest absolute Gasteiger partial charge is 0.495 e. The molecule has 1 aromatic heterocycles. The molecule has 2 aromatic carbocycles. The van der Waals surface area contributed by atoms with Gasteiger partial charge in [-0.1, -0.05) is 39.7 Å². The van der Waals surface area contributed by atoms with Crippen LogP contribution in [-0.2, 0) is 23.1 Å². The van der Waals surface area contributed by atoms with Crippen molar-refractivity contribution >= 4 is 37.6 Å². The molecular weight excluding hydrogens is 483 g/mol. The van der Waals surface area contributed by atoms with E-state index in [-0.39, 0.29) is 28.6 Å². The Hall–Kier alpha value is -2.00. The van der Waals surface area contributed by atoms with Gasteiger partial charge in [0, 0.05) is 22.8 Å². The van der Waals surface area contributed by atoms with Crippen LogP contribution in [-0.4, -0.2) is 24.8 Å². The Morgan fingerprint density at radius 1 is 1.14 bits per heavy atom. The first-order chi connectivity index (χ1) is 13.8. The molecule has 0 aliphatic heterocycles. The molecule has 1 heterocycles. The number of benzene rings is 2. The van der Waals surface area contributed by atoms with Gasteiger partial charge in [-0.15, -0.1) is 0 Å². The lowest BCUT2D eigenvalue weighted by Gasteiger charge is -2.23. The van der Waals surface area contributed by atoms with Crippen LogP contribution in [0, 0.1) is 5.82 Å². The van der Waals surface area contributed by atoms with Crippen LogP contribution in [0.1, 0.15) is 11.3 Å². The van der Waals surface area contributed by atoms with Gasteiger partial charge in [0.1, 0.15) is 11.6 Å². The van der Waals surface area contributed by atoms with Crippen LogP contribution >= 0.6 is 27.5 Å². The molecule has 0 saturated carbocycles. The summed E-state index contributed by atoms with van der Waals surface area (Å²) in [7, 11) is -2.55. The number of aromatic nitrogens is 1. The molecule has 0 bridgehead atoms. The second kappa shape index (κ2) is 9.21. The lowest BCUT2D eigenvalue weighted by Crippen LogP contribution is -2.31. The number of ether oxygens (including phenoxy) is 1. The zero-order chi connectivity index (χ0) is 21.0. The number of rotatable bonds is 7. The number of hydrogen-bond acceptors (Lipinski definition) is 4. The van der Waals surface area contributed by atoms with E-state index in [1.165, 1.54) is 35.7 Å². The monoisotopic (exact) mass is 498 g/mol. The highest BCUT2D eigenvalue weighted by Gasteiger charge is 2.27. The van der Waals surface area contributed by atoms with Crippen LogP contribution in [0.15, 0.2) is 70.2 Å². The van der Waals surface area contributed by atoms with Gasteiger partial charge < -0.3 is 4.74 Å². The fourth-order valence-corrected chi connectivity index (χ4v) is 4.77. The fourth-order valence-electron chi connectivity index (χ4n) is 2.69. The molecule has 0 amide bonds. The summed E-state index contributed by atoms with van der Waals surface area (Å²) in [5.41, 5.74) is 0.778. The maximum Gasteiger partial charge on any atom is 0.243 e. The Kier molecular flexibility index (Phi) is 6.89. The van der Waals surface area contributed by atoms with Crippen molar-refractivity contribution in [1.29, 1.82) is 0 Å². The van der Waals surface area contributed by atoms with Crippen LogP contribution in [0.25, 0.3) is 0 Å². The summed E-state index contributed by atoms with van der Waals surface area (Å²) < 4.78 is 47.9. The summed E-state index contributed by atoms with van der Waals surface area (Å²) >= 11 is 9.32. The van der Waals surface area contributed by atoms with Crippen molar-refractivity contribution in [2.45, 2.75) is 18.0 Å². The highest BCUT2D eigenvalue weighted by atomic mass is 79.9. The zero-order valence-electron chi connectivity index (χ0n) is 15.3. The average Bonchev–Trinajstić information content (AvgIpc) is 2.70. The van der Waals surface area contributed by atoms with E-state index in [1.807, 2.05) is 0 Å². The smallest absolute Gasteiger partial charge is 0.243 e. The average molecular weight is 500 g/mol. The van der Waals surface area contributed by atoms with E-state index in [1.54, 1.807) is 36.5 Å². The second-order valence-corrected chi connectivity index (χ2v) is 9.39. The van der Waals surface area contributed by atoms with Gasteiger partial charge in [0.15, 0.2) is 0 Å². The summed E-state index contributed by atoms with van der Waals surface area (Å²) in [6.45, 7) is -0.190. The molecule has 0 unspecified atom stereocenters. The number of nitrogens with zero attached hydrogens (tertiary/aromatic N) is 2. The first kappa shape index (κ1) is 21.7. The molecule has 0 N–H and O–H groups in total. The molecule has 3 aromatic rings. The minimum Gasteiger partial charge on any atom is -0.495 e. The predicted octanol–water partition coefficient (Wildman–Crippen LogP) is 5.04. The van der Waals surface area contributed by atoms with Gasteiger partial charge in [-0.05, 0) is 42.5 Å². The van der Waals surface area contributed by atoms with E-state index in [9.17, 15) is 12.8 Å². The molecule has 0 aliphatic carbocycles. The summed E-state index contributed by atoms with van der Waals surface area (Å²) in [6.07, 6.45) is 1.57. The zero-order valence-corrected chi connectivity index (χ0v) is 18.5. The number of methoxy groups -OCH3 is 1. The molecule has 0 saturated heterocycles. The second-order valence-electron chi connectivity index (χ2n) is 6.13. The Balaban J connectivity index is 2.02. The summed E-state index contributed by atoms with van der Waals surface area (Å²) in [5.74, 6) is -0.144. The van der Waals surface area contributed by atoms with Gasteiger partial charge in [0.25, 0.3) is 0 Å². The third-order valence-corrected chi connectivity index (χ3v) is 6.76. The van der Waals surface area contributed by atoms with E-state index in [2.05, 4.69) is 20.9 Å². The Morgan fingerprint density at radius 3 is 2.55 bits per heavy atom. The van der Waals surface area contributed by atoms with Crippen molar-refractivity contribution in [3.63, 3.8) is 0 Å². The third-order valence-electron chi connectivity index (χ3n) is 4.19. The van der Waals surface area contributed by atoms with Gasteiger partial charge >= 0.3 is 0 Å². The van der Waals surface area contributed by atoms with E-state index >= 15 is 0 Å². The van der Waals surface area contributed by atoms with Crippen molar-refractivity contribution in [1.82, 2.24) is 9.29 Å². The number of sulfonamides is 1. The first-order valence-electron chi connectivity index (χ1n) is 8.49. The Morgan fingerprint density at radius 2 is 1.93 bits per heavy atom. The van der Waals surface area contributed by atoms with E-state index in [0.717, 1.165) is 0 Å². The summed E-state index contributed by atoms with van der Waals surface area (Å²) in [6, 6.07) is 13.9. The summed E-state index contributed by atoms with van der Waals surface area (Å²) in [5, 5.41) is 0.168. The summed E-state index contributed by atoms with van der Waals surface area (Å²) in [4.78, 5) is 4.18. The Bertz CT molecular complexity index is 1110. The standard InChI is InChI=1S/C20H17BrClFN2O3S/c1-28-20-8-7-17(11-18(20)22)29(26,27)25(13-16-4-2-3-9-24-16)12-14-5-6-15(21)10-19(14)23/h2-11H,12-13H2,1H3. The van der Waals surface area contributed by atoms with E-state index in [0.29, 0.717) is 15.9 Å². The minimum atomic E-state index is -4.00. The molecule has 0 atom stereocenters. The molecule has 0 aliphatic rings. The van der Waals surface area contributed by atoms with Gasteiger partial charge in [0.05, 0.1) is 29.3 Å². The van der Waals surface area contributed by atoms with Crippen molar-refractivity contribution in [2.75, 3.05) is 7.11 Å². The Labute approximate surface area is 182 Å². The van der Waals surface area contributed by atoms with Gasteiger partial charge in [-0.3, -0.25) is 4.98 Å². The normalized spacial score (nSPS) is 11.6. The predicted molar refractivity (Wildman–Crippen MR) is 113 cm³/mol. The van der Waals surface area contributed by atoms with Crippen LogP contribution in [0.3, 0.4) is 0 Å². The first-order valence-corrected chi connectivity index (χ1v) is 11.1. The van der Waals surface area contributed by atoms with Crippen LogP contribution in [0.2, 0.25) is 5.02 Å². The van der Waals surface area contributed by atoms with Crippen LogP contribution in [0.5, 0.6) is 5.75 Å². The van der Waals surface area contributed by atoms with Gasteiger partial charge in [0.2, 0.25) is 10.0 Å². The van der Waals surface area contributed by atoms with Gasteiger partial charge in [-0.2, -0.15) is 4.31 Å². The third kappa shape index (κ3) is 5.14. The topological polar surface area (TPSA) is 59.5 Å². The molecule has 29 heavy (non-hydrogen) atoms. The van der Waals surface area contributed by atoms with E-state index < -0.39 is 15.8 Å². The lowest BCUT2D eigenvalue weighted by atomic mass is 10.2. The number of hydrogen-bond donors (Lipinski definition) is 0. The van der Waals surface area contributed by atoms with Crippen LogP contribution in [0.4, 0.5) is 4.39 Å². The molecule has 5 nitrogen and oxygen atoms in total. The fraction of sp³-hybridized carbons (Fsp3) is 0.150. The molecule has 0 fully saturated rings. The highest BCUT2D eigenvalue weighted by Crippen LogP contribution is 2.30. The number of halogens is 3.